The van der Waals surface area contributed by atoms with Crippen LogP contribution in [0.1, 0.15) is 30.0 Å². The van der Waals surface area contributed by atoms with Crippen LogP contribution < -0.4 is 14.4 Å². The van der Waals surface area contributed by atoms with Gasteiger partial charge in [-0.25, -0.2) is 8.42 Å². The van der Waals surface area contributed by atoms with Gasteiger partial charge >= 0.3 is 6.18 Å². The highest BCUT2D eigenvalue weighted by molar-refractivity contribution is 7.92. The van der Waals surface area contributed by atoms with Crippen LogP contribution in [-0.4, -0.2) is 51.9 Å². The Morgan fingerprint density at radius 2 is 1.63 bits per heavy atom. The lowest BCUT2D eigenvalue weighted by atomic mass is 10.1. The number of anilines is 1. The Hall–Kier alpha value is -4.06. The summed E-state index contributed by atoms with van der Waals surface area (Å²) in [5.74, 6) is -0.671. The number of nitrogens with zero attached hydrogens (tertiary/aromatic N) is 2. The summed E-state index contributed by atoms with van der Waals surface area (Å²) in [6, 6.07) is 15.3. The number of carbonyl (C=O) groups is 2. The summed E-state index contributed by atoms with van der Waals surface area (Å²) in [5.41, 5.74) is -0.00855. The van der Waals surface area contributed by atoms with Crippen molar-refractivity contribution in [3.8, 4) is 5.75 Å². The van der Waals surface area contributed by atoms with Crippen LogP contribution in [0.15, 0.2) is 77.7 Å². The van der Waals surface area contributed by atoms with E-state index in [-0.39, 0.29) is 23.5 Å². The van der Waals surface area contributed by atoms with Crippen LogP contribution in [0.5, 0.6) is 5.75 Å². The van der Waals surface area contributed by atoms with Crippen molar-refractivity contribution in [2.45, 2.75) is 43.9 Å². The fourth-order valence-electron chi connectivity index (χ4n) is 4.22. The molecule has 3 aromatic carbocycles. The van der Waals surface area contributed by atoms with Crippen molar-refractivity contribution >= 4 is 27.5 Å². The summed E-state index contributed by atoms with van der Waals surface area (Å²) in [6.45, 7) is 2.55. The molecule has 12 heteroatoms. The predicted molar refractivity (Wildman–Crippen MR) is 149 cm³/mol. The minimum Gasteiger partial charge on any atom is -0.497 e. The number of alkyl halides is 3. The van der Waals surface area contributed by atoms with Crippen molar-refractivity contribution < 1.29 is 35.9 Å². The molecule has 1 atom stereocenters. The number of aryl methyl sites for hydroxylation is 1. The largest absolute Gasteiger partial charge is 0.497 e. The normalized spacial score (nSPS) is 12.4. The molecule has 0 saturated carbocycles. The molecule has 3 aromatic rings. The number of amides is 2. The molecule has 0 fully saturated rings. The van der Waals surface area contributed by atoms with E-state index in [1.807, 2.05) is 0 Å². The van der Waals surface area contributed by atoms with Gasteiger partial charge in [0.05, 0.1) is 23.3 Å². The second-order valence-corrected chi connectivity index (χ2v) is 11.1. The minimum atomic E-state index is -4.74. The van der Waals surface area contributed by atoms with Crippen molar-refractivity contribution in [3.63, 3.8) is 0 Å². The Balaban J connectivity index is 2.11. The first-order valence-electron chi connectivity index (χ1n) is 12.7. The summed E-state index contributed by atoms with van der Waals surface area (Å²) in [5, 5.41) is 2.52. The topological polar surface area (TPSA) is 96.0 Å². The van der Waals surface area contributed by atoms with Crippen molar-refractivity contribution in [3.05, 3.63) is 89.5 Å². The number of hydrogen-bond donors (Lipinski definition) is 1. The highest BCUT2D eigenvalue weighted by atomic mass is 32.2. The molecule has 0 saturated heterocycles. The summed E-state index contributed by atoms with van der Waals surface area (Å²) < 4.78 is 74.1. The number of hydrogen-bond acceptors (Lipinski definition) is 5. The minimum absolute atomic E-state index is 0.0598. The van der Waals surface area contributed by atoms with Gasteiger partial charge in [-0.15, -0.1) is 0 Å². The number of sulfonamides is 1. The molecular weight excluding hydrogens is 559 g/mol. The molecule has 2 amide bonds. The second kappa shape index (κ2) is 13.1. The molecule has 0 bridgehead atoms. The van der Waals surface area contributed by atoms with Gasteiger partial charge in [-0.1, -0.05) is 42.8 Å². The van der Waals surface area contributed by atoms with Crippen LogP contribution in [0.25, 0.3) is 0 Å². The molecule has 3 rings (SSSR count). The first-order chi connectivity index (χ1) is 19.3. The average Bonchev–Trinajstić information content (AvgIpc) is 2.95. The monoisotopic (exact) mass is 591 g/mol. The van der Waals surface area contributed by atoms with Gasteiger partial charge in [0.15, 0.2) is 0 Å². The number of ether oxygens (including phenoxy) is 1. The van der Waals surface area contributed by atoms with Gasteiger partial charge in [0.1, 0.15) is 18.3 Å². The van der Waals surface area contributed by atoms with E-state index in [1.165, 1.54) is 37.3 Å². The molecule has 220 valence electrons. The number of carbonyl (C=O) groups excluding carboxylic acids is 2. The fraction of sp³-hybridized carbons (Fsp3) is 0.310. The van der Waals surface area contributed by atoms with Gasteiger partial charge in [0, 0.05) is 13.6 Å². The smallest absolute Gasteiger partial charge is 0.416 e. The molecule has 41 heavy (non-hydrogen) atoms. The Labute approximate surface area is 237 Å². The molecule has 0 radical (unpaired) electrons. The number of methoxy groups -OCH3 is 1. The van der Waals surface area contributed by atoms with Gasteiger partial charge in [-0.3, -0.25) is 13.9 Å². The van der Waals surface area contributed by atoms with Crippen molar-refractivity contribution in [2.24, 2.45) is 0 Å². The molecule has 0 heterocycles. The zero-order valence-corrected chi connectivity index (χ0v) is 23.9. The summed E-state index contributed by atoms with van der Waals surface area (Å²) in [4.78, 5) is 27.7. The van der Waals surface area contributed by atoms with Crippen LogP contribution >= 0.6 is 0 Å². The maximum Gasteiger partial charge on any atom is 0.416 e. The number of rotatable bonds is 11. The van der Waals surface area contributed by atoms with Gasteiger partial charge in [0.25, 0.3) is 10.0 Å². The lowest BCUT2D eigenvalue weighted by Crippen LogP contribution is -2.51. The first-order valence-corrected chi connectivity index (χ1v) is 14.2. The van der Waals surface area contributed by atoms with Gasteiger partial charge in [-0.05, 0) is 61.4 Å². The maximum absolute atomic E-state index is 13.9. The van der Waals surface area contributed by atoms with Gasteiger partial charge < -0.3 is 15.0 Å². The van der Waals surface area contributed by atoms with Gasteiger partial charge in [0.2, 0.25) is 11.8 Å². The Morgan fingerprint density at radius 3 is 2.17 bits per heavy atom. The number of benzene rings is 3. The zero-order chi connectivity index (χ0) is 30.4. The van der Waals surface area contributed by atoms with Gasteiger partial charge in [-0.2, -0.15) is 13.2 Å². The van der Waals surface area contributed by atoms with E-state index < -0.39 is 46.2 Å². The molecular formula is C29H32F3N3O5S. The first kappa shape index (κ1) is 31.5. The number of likely N-dealkylation sites (N-methyl/N-ethyl adjacent to an activating group) is 1. The van der Waals surface area contributed by atoms with Crippen molar-refractivity contribution in [1.29, 1.82) is 0 Å². The zero-order valence-electron chi connectivity index (χ0n) is 23.1. The molecule has 0 aliphatic carbocycles. The third-order valence-corrected chi connectivity index (χ3v) is 8.28. The SMILES string of the molecule is CCC(C(=O)NC)N(Cc1ccc(OC)cc1)C(=O)CN(c1cccc(C(F)(F)F)c1)S(=O)(=O)c1ccc(C)cc1. The molecule has 0 aliphatic rings. The average molecular weight is 592 g/mol. The lowest BCUT2D eigenvalue weighted by molar-refractivity contribution is -0.140. The van der Waals surface area contributed by atoms with Crippen LogP contribution in [0.3, 0.4) is 0 Å². The Morgan fingerprint density at radius 1 is 1.00 bits per heavy atom. The second-order valence-electron chi connectivity index (χ2n) is 9.28. The molecule has 1 N–H and O–H groups in total. The van der Waals surface area contributed by atoms with E-state index in [2.05, 4.69) is 5.32 Å². The van der Waals surface area contributed by atoms with Crippen molar-refractivity contribution in [2.75, 3.05) is 25.0 Å². The number of nitrogens with one attached hydrogen (secondary N) is 1. The van der Waals surface area contributed by atoms with E-state index in [0.717, 1.165) is 17.7 Å². The highest BCUT2D eigenvalue weighted by Gasteiger charge is 2.35. The third kappa shape index (κ3) is 7.57. The lowest BCUT2D eigenvalue weighted by Gasteiger charge is -2.33. The predicted octanol–water partition coefficient (Wildman–Crippen LogP) is 4.77. The Bertz CT molecular complexity index is 1460. The molecule has 1 unspecified atom stereocenters. The molecule has 0 spiro atoms. The van der Waals surface area contributed by atoms with E-state index in [0.29, 0.717) is 21.7 Å². The summed E-state index contributed by atoms with van der Waals surface area (Å²) >= 11 is 0. The summed E-state index contributed by atoms with van der Waals surface area (Å²) in [7, 11) is -1.59. The quantitative estimate of drug-likeness (QED) is 0.347. The molecule has 0 aliphatic heterocycles. The van der Waals surface area contributed by atoms with E-state index in [4.69, 9.17) is 4.74 Å². The standard InChI is InChI=1S/C29H32F3N3O5S/c1-5-26(28(37)33-3)34(18-21-11-13-24(40-4)14-12-21)27(36)19-35(23-8-6-7-22(17-23)29(30,31)32)41(38,39)25-15-9-20(2)10-16-25/h6-17,26H,5,18-19H2,1-4H3,(H,33,37). The van der Waals surface area contributed by atoms with E-state index in [9.17, 15) is 31.2 Å². The fourth-order valence-corrected chi connectivity index (χ4v) is 5.62. The van der Waals surface area contributed by atoms with Crippen LogP contribution in [0, 0.1) is 6.92 Å². The number of halogens is 3. The third-order valence-electron chi connectivity index (χ3n) is 6.49. The van der Waals surface area contributed by atoms with Crippen LogP contribution in [0.2, 0.25) is 0 Å². The van der Waals surface area contributed by atoms with E-state index in [1.54, 1.807) is 50.2 Å². The van der Waals surface area contributed by atoms with Crippen LogP contribution in [-0.2, 0) is 32.3 Å². The maximum atomic E-state index is 13.9. The van der Waals surface area contributed by atoms with Crippen molar-refractivity contribution in [1.82, 2.24) is 10.2 Å². The summed E-state index contributed by atoms with van der Waals surface area (Å²) in [6.07, 6.45) is -4.54. The highest BCUT2D eigenvalue weighted by Crippen LogP contribution is 2.33. The molecule has 8 nitrogen and oxygen atoms in total. The Kier molecular flexibility index (Phi) is 10.0. The van der Waals surface area contributed by atoms with Crippen LogP contribution in [0.4, 0.5) is 18.9 Å². The molecule has 0 aromatic heterocycles. The van der Waals surface area contributed by atoms with E-state index >= 15 is 0 Å².